The van der Waals surface area contributed by atoms with Gasteiger partial charge in [0.25, 0.3) is 0 Å². The molecule has 0 spiro atoms. The molecule has 0 radical (unpaired) electrons. The van der Waals surface area contributed by atoms with Gasteiger partial charge in [0.1, 0.15) is 0 Å². The molecule has 7 heteroatoms. The third-order valence-corrected chi connectivity index (χ3v) is 5.23. The number of aryl methyl sites for hydroxylation is 1. The van der Waals surface area contributed by atoms with Crippen molar-refractivity contribution in [1.82, 2.24) is 0 Å². The maximum Gasteiger partial charge on any atom is 0.238 e. The highest BCUT2D eigenvalue weighted by Crippen LogP contribution is 2.27. The molecule has 2 aromatic carbocycles. The van der Waals surface area contributed by atoms with E-state index < -0.39 is 10.0 Å². The van der Waals surface area contributed by atoms with E-state index in [4.69, 9.17) is 10.9 Å². The van der Waals surface area contributed by atoms with E-state index in [-0.39, 0.29) is 11.4 Å². The summed E-state index contributed by atoms with van der Waals surface area (Å²) in [5.74, 6) is 0.306. The molecule has 132 valence electrons. The highest BCUT2D eigenvalue weighted by molar-refractivity contribution is 7.89. The van der Waals surface area contributed by atoms with Crippen molar-refractivity contribution in [1.29, 1.82) is 0 Å². The number of hydrogen-bond acceptors (Lipinski definition) is 3. The molecule has 0 atom stereocenters. The molecule has 5 N–H and O–H groups in total. The normalized spacial score (nSPS) is 14.8. The van der Waals surface area contributed by atoms with Gasteiger partial charge in [0.05, 0.1) is 11.4 Å². The molecule has 0 aliphatic heterocycles. The highest BCUT2D eigenvalue weighted by Gasteiger charge is 2.13. The quantitative estimate of drug-likeness (QED) is 0.574. The fourth-order valence-corrected chi connectivity index (χ4v) is 3.66. The Balaban J connectivity index is 1.73. The van der Waals surface area contributed by atoms with Crippen molar-refractivity contribution in [2.24, 2.45) is 15.9 Å². The number of fused-ring (bicyclic) bond motifs is 1. The zero-order chi connectivity index (χ0) is 17.9. The Hall–Kier alpha value is -2.38. The first-order valence-electron chi connectivity index (χ1n) is 8.23. The molecule has 6 nitrogen and oxygen atoms in total. The van der Waals surface area contributed by atoms with Gasteiger partial charge in [0.15, 0.2) is 5.96 Å². The lowest BCUT2D eigenvalue weighted by Gasteiger charge is -2.19. The van der Waals surface area contributed by atoms with Crippen LogP contribution in [0.2, 0.25) is 0 Å². The number of sulfonamides is 1. The Labute approximate surface area is 148 Å². The van der Waals surface area contributed by atoms with E-state index in [1.165, 1.54) is 36.1 Å². The van der Waals surface area contributed by atoms with Crippen LogP contribution in [0.1, 0.15) is 29.5 Å². The first-order chi connectivity index (χ1) is 11.9. The van der Waals surface area contributed by atoms with E-state index in [1.807, 2.05) is 12.1 Å². The van der Waals surface area contributed by atoms with E-state index >= 15 is 0 Å². The van der Waals surface area contributed by atoms with Crippen molar-refractivity contribution in [3.05, 3.63) is 59.2 Å². The molecule has 1 aliphatic rings. The summed E-state index contributed by atoms with van der Waals surface area (Å²) in [6.07, 6.45) is 4.55. The number of hydrogen-bond donors (Lipinski definition) is 3. The maximum absolute atomic E-state index is 11.4. The van der Waals surface area contributed by atoms with Crippen molar-refractivity contribution < 1.29 is 8.42 Å². The van der Waals surface area contributed by atoms with Crippen LogP contribution in [0, 0.1) is 0 Å². The fraction of sp³-hybridized carbons (Fsp3) is 0.278. The number of nitrogens with one attached hydrogen (secondary N) is 1. The zero-order valence-electron chi connectivity index (χ0n) is 13.9. The number of primary sulfonamides is 1. The van der Waals surface area contributed by atoms with Crippen molar-refractivity contribution in [3.8, 4) is 0 Å². The Morgan fingerprint density at radius 3 is 2.68 bits per heavy atom. The Bertz CT molecular complexity index is 907. The van der Waals surface area contributed by atoms with Crippen LogP contribution in [0.25, 0.3) is 0 Å². The van der Waals surface area contributed by atoms with E-state index in [9.17, 15) is 8.42 Å². The average molecular weight is 358 g/mol. The molecular formula is C18H22N4O2S. The third-order valence-electron chi connectivity index (χ3n) is 4.32. The monoisotopic (exact) mass is 358 g/mol. The molecule has 1 aliphatic carbocycles. The van der Waals surface area contributed by atoms with Gasteiger partial charge in [-0.25, -0.2) is 18.5 Å². The summed E-state index contributed by atoms with van der Waals surface area (Å²) in [4.78, 5) is 4.38. The molecule has 3 rings (SSSR count). The minimum atomic E-state index is -3.72. The Kier molecular flexibility index (Phi) is 5.06. The summed E-state index contributed by atoms with van der Waals surface area (Å²) >= 11 is 0. The van der Waals surface area contributed by atoms with Crippen molar-refractivity contribution in [3.63, 3.8) is 0 Å². The molecule has 0 unspecified atom stereocenters. The molecule has 0 fully saturated rings. The molecule has 0 amide bonds. The molecule has 2 aromatic rings. The number of nitrogens with zero attached hydrogens (tertiary/aromatic N) is 1. The van der Waals surface area contributed by atoms with Gasteiger partial charge in [-0.05, 0) is 60.6 Å². The number of anilines is 1. The lowest BCUT2D eigenvalue weighted by atomic mass is 9.90. The highest BCUT2D eigenvalue weighted by atomic mass is 32.2. The zero-order valence-corrected chi connectivity index (χ0v) is 14.7. The number of aliphatic imine (C=N–C) groups is 1. The Morgan fingerprint density at radius 2 is 1.88 bits per heavy atom. The van der Waals surface area contributed by atoms with E-state index in [0.717, 1.165) is 24.1 Å². The van der Waals surface area contributed by atoms with Crippen LogP contribution in [0.3, 0.4) is 0 Å². The SMILES string of the molecule is NC(=NCc1cccc(S(N)(=O)=O)c1)Nc1cccc2c1CCCC2. The summed E-state index contributed by atoms with van der Waals surface area (Å²) in [6.45, 7) is 0.275. The minimum Gasteiger partial charge on any atom is -0.370 e. The lowest BCUT2D eigenvalue weighted by Crippen LogP contribution is -2.24. The van der Waals surface area contributed by atoms with Gasteiger partial charge in [-0.2, -0.15) is 0 Å². The molecule has 0 bridgehead atoms. The molecular weight excluding hydrogens is 336 g/mol. The number of nitrogens with two attached hydrogens (primary N) is 2. The van der Waals surface area contributed by atoms with Gasteiger partial charge in [-0.3, -0.25) is 0 Å². The molecule has 0 aromatic heterocycles. The van der Waals surface area contributed by atoms with Crippen LogP contribution in [0.4, 0.5) is 5.69 Å². The number of rotatable bonds is 4. The molecule has 0 saturated heterocycles. The first-order valence-corrected chi connectivity index (χ1v) is 9.77. The van der Waals surface area contributed by atoms with E-state index in [2.05, 4.69) is 16.4 Å². The van der Waals surface area contributed by atoms with Crippen LogP contribution in [-0.2, 0) is 29.4 Å². The summed E-state index contributed by atoms with van der Waals surface area (Å²) in [5, 5.41) is 8.32. The summed E-state index contributed by atoms with van der Waals surface area (Å²) < 4.78 is 22.8. The van der Waals surface area contributed by atoms with Gasteiger partial charge >= 0.3 is 0 Å². The Morgan fingerprint density at radius 1 is 1.12 bits per heavy atom. The van der Waals surface area contributed by atoms with E-state index in [0.29, 0.717) is 5.96 Å². The fourth-order valence-electron chi connectivity index (χ4n) is 3.07. The lowest BCUT2D eigenvalue weighted by molar-refractivity contribution is 0.597. The standard InChI is InChI=1S/C18H22N4O2S/c19-18(21-12-13-5-3-8-15(11-13)25(20,23)24)22-17-10-4-7-14-6-1-2-9-16(14)17/h3-5,7-8,10-11H,1-2,6,9,12H2,(H3,19,21,22)(H2,20,23,24). The third kappa shape index (κ3) is 4.37. The number of guanidine groups is 1. The predicted molar refractivity (Wildman–Crippen MR) is 99.8 cm³/mol. The largest absolute Gasteiger partial charge is 0.370 e. The van der Waals surface area contributed by atoms with Crippen molar-refractivity contribution >= 4 is 21.7 Å². The first kappa shape index (κ1) is 17.4. The van der Waals surface area contributed by atoms with Gasteiger partial charge in [-0.1, -0.05) is 24.3 Å². The summed E-state index contributed by atoms with van der Waals surface area (Å²) in [7, 11) is -3.72. The molecule has 0 saturated carbocycles. The maximum atomic E-state index is 11.4. The second kappa shape index (κ2) is 7.25. The predicted octanol–water partition coefficient (Wildman–Crippen LogP) is 2.14. The number of benzene rings is 2. The second-order valence-corrected chi connectivity index (χ2v) is 7.73. The van der Waals surface area contributed by atoms with Crippen LogP contribution in [0.5, 0.6) is 0 Å². The summed E-state index contributed by atoms with van der Waals surface area (Å²) in [6, 6.07) is 12.6. The van der Waals surface area contributed by atoms with Crippen LogP contribution in [-0.4, -0.2) is 14.4 Å². The van der Waals surface area contributed by atoms with Crippen molar-refractivity contribution in [2.45, 2.75) is 37.1 Å². The van der Waals surface area contributed by atoms with Gasteiger partial charge in [0.2, 0.25) is 10.0 Å². The smallest absolute Gasteiger partial charge is 0.238 e. The molecule has 0 heterocycles. The molecule has 25 heavy (non-hydrogen) atoms. The van der Waals surface area contributed by atoms with Crippen LogP contribution < -0.4 is 16.2 Å². The van der Waals surface area contributed by atoms with Gasteiger partial charge < -0.3 is 11.1 Å². The van der Waals surface area contributed by atoms with Crippen molar-refractivity contribution in [2.75, 3.05) is 5.32 Å². The summed E-state index contributed by atoms with van der Waals surface area (Å²) in [5.41, 5.74) is 10.4. The van der Waals surface area contributed by atoms with Gasteiger partial charge in [-0.15, -0.1) is 0 Å². The minimum absolute atomic E-state index is 0.0730. The second-order valence-electron chi connectivity index (χ2n) is 6.17. The topological polar surface area (TPSA) is 111 Å². The average Bonchev–Trinajstić information content (AvgIpc) is 2.60. The van der Waals surface area contributed by atoms with Crippen LogP contribution in [0.15, 0.2) is 52.4 Å². The van der Waals surface area contributed by atoms with Gasteiger partial charge in [0, 0.05) is 5.69 Å². The van der Waals surface area contributed by atoms with Crippen LogP contribution >= 0.6 is 0 Å². The van der Waals surface area contributed by atoms with E-state index in [1.54, 1.807) is 12.1 Å².